The highest BCUT2D eigenvalue weighted by molar-refractivity contribution is 7.13. The van der Waals surface area contributed by atoms with Gasteiger partial charge in [-0.05, 0) is 30.5 Å². The average Bonchev–Trinajstić information content (AvgIpc) is 3.08. The summed E-state index contributed by atoms with van der Waals surface area (Å²) in [6.45, 7) is 0.653. The predicted molar refractivity (Wildman–Crippen MR) is 99.1 cm³/mol. The maximum Gasteiger partial charge on any atom is 0.309 e. The lowest BCUT2D eigenvalue weighted by Crippen LogP contribution is -2.00. The summed E-state index contributed by atoms with van der Waals surface area (Å²) >= 11 is 1.45. The number of carboxylic acids is 1. The van der Waals surface area contributed by atoms with Gasteiger partial charge in [0.15, 0.2) is 0 Å². The van der Waals surface area contributed by atoms with Crippen LogP contribution < -0.4 is 4.74 Å². The summed E-state index contributed by atoms with van der Waals surface area (Å²) in [5, 5.41) is 11.4. The summed E-state index contributed by atoms with van der Waals surface area (Å²) in [7, 11) is 0. The summed E-state index contributed by atoms with van der Waals surface area (Å²) in [6.07, 6.45) is 1.89. The molecule has 0 spiro atoms. The zero-order valence-corrected chi connectivity index (χ0v) is 14.5. The summed E-state index contributed by atoms with van der Waals surface area (Å²) in [5.74, 6) is -0.0621. The number of aryl methyl sites for hydroxylation is 1. The first kappa shape index (κ1) is 17.2. The number of benzene rings is 2. The van der Waals surface area contributed by atoms with Crippen molar-refractivity contribution in [2.24, 2.45) is 0 Å². The van der Waals surface area contributed by atoms with Gasteiger partial charge < -0.3 is 9.84 Å². The fourth-order valence-corrected chi connectivity index (χ4v) is 3.32. The van der Waals surface area contributed by atoms with E-state index in [-0.39, 0.29) is 6.42 Å². The van der Waals surface area contributed by atoms with Crippen molar-refractivity contribution in [3.8, 4) is 16.3 Å². The zero-order chi connectivity index (χ0) is 17.5. The van der Waals surface area contributed by atoms with E-state index in [2.05, 4.69) is 17.1 Å². The third kappa shape index (κ3) is 5.16. The molecule has 25 heavy (non-hydrogen) atoms. The van der Waals surface area contributed by atoms with Gasteiger partial charge in [0.2, 0.25) is 0 Å². The summed E-state index contributed by atoms with van der Waals surface area (Å²) < 4.78 is 5.84. The second-order valence-electron chi connectivity index (χ2n) is 5.68. The normalized spacial score (nSPS) is 10.6. The molecule has 1 N–H and O–H groups in total. The second kappa shape index (κ2) is 8.44. The molecular formula is C20H19NO3S. The second-order valence-corrected chi connectivity index (χ2v) is 6.54. The lowest BCUT2D eigenvalue weighted by molar-refractivity contribution is -0.136. The first-order valence-electron chi connectivity index (χ1n) is 8.14. The van der Waals surface area contributed by atoms with Crippen molar-refractivity contribution >= 4 is 17.3 Å². The molecule has 0 aliphatic heterocycles. The SMILES string of the molecule is O=C(O)Cc1csc(-c2cccc(OCCCc3ccccc3)c2)n1. The maximum atomic E-state index is 10.8. The van der Waals surface area contributed by atoms with Crippen LogP contribution in [0.1, 0.15) is 17.7 Å². The van der Waals surface area contributed by atoms with E-state index in [1.54, 1.807) is 5.38 Å². The van der Waals surface area contributed by atoms with Crippen LogP contribution >= 0.6 is 11.3 Å². The maximum absolute atomic E-state index is 10.8. The Kier molecular flexibility index (Phi) is 5.80. The Bertz CT molecular complexity index is 830. The lowest BCUT2D eigenvalue weighted by Gasteiger charge is -2.07. The molecular weight excluding hydrogens is 334 g/mol. The average molecular weight is 353 g/mol. The highest BCUT2D eigenvalue weighted by Crippen LogP contribution is 2.27. The van der Waals surface area contributed by atoms with E-state index >= 15 is 0 Å². The summed E-state index contributed by atoms with van der Waals surface area (Å²) in [6, 6.07) is 18.1. The van der Waals surface area contributed by atoms with Gasteiger partial charge in [0.1, 0.15) is 10.8 Å². The molecule has 0 amide bonds. The number of ether oxygens (including phenoxy) is 1. The van der Waals surface area contributed by atoms with E-state index in [4.69, 9.17) is 9.84 Å². The van der Waals surface area contributed by atoms with E-state index in [0.717, 1.165) is 29.2 Å². The monoisotopic (exact) mass is 353 g/mol. The van der Waals surface area contributed by atoms with Gasteiger partial charge in [-0.3, -0.25) is 4.79 Å². The van der Waals surface area contributed by atoms with Crippen LogP contribution in [0.2, 0.25) is 0 Å². The van der Waals surface area contributed by atoms with Crippen molar-refractivity contribution in [1.29, 1.82) is 0 Å². The molecule has 0 atom stereocenters. The Labute approximate surface area is 150 Å². The van der Waals surface area contributed by atoms with E-state index in [1.807, 2.05) is 42.5 Å². The van der Waals surface area contributed by atoms with Crippen LogP contribution in [-0.4, -0.2) is 22.7 Å². The van der Waals surface area contributed by atoms with Crippen molar-refractivity contribution in [2.45, 2.75) is 19.3 Å². The van der Waals surface area contributed by atoms with Gasteiger partial charge in [-0.15, -0.1) is 11.3 Å². The molecule has 0 unspecified atom stereocenters. The lowest BCUT2D eigenvalue weighted by atomic mass is 10.1. The van der Waals surface area contributed by atoms with Crippen molar-refractivity contribution in [3.05, 3.63) is 71.2 Å². The molecule has 3 rings (SSSR count). The van der Waals surface area contributed by atoms with Crippen LogP contribution in [0.3, 0.4) is 0 Å². The summed E-state index contributed by atoms with van der Waals surface area (Å²) in [4.78, 5) is 15.1. The van der Waals surface area contributed by atoms with E-state index in [0.29, 0.717) is 12.3 Å². The molecule has 2 aromatic carbocycles. The Morgan fingerprint density at radius 3 is 2.76 bits per heavy atom. The van der Waals surface area contributed by atoms with E-state index < -0.39 is 5.97 Å². The Morgan fingerprint density at radius 1 is 1.12 bits per heavy atom. The first-order chi connectivity index (χ1) is 12.2. The first-order valence-corrected chi connectivity index (χ1v) is 9.02. The predicted octanol–water partition coefficient (Wildman–Crippen LogP) is 4.45. The van der Waals surface area contributed by atoms with E-state index in [9.17, 15) is 4.79 Å². The largest absolute Gasteiger partial charge is 0.494 e. The molecule has 128 valence electrons. The Hall–Kier alpha value is -2.66. The third-order valence-corrected chi connectivity index (χ3v) is 4.63. The molecule has 1 aromatic heterocycles. The van der Waals surface area contributed by atoms with Crippen LogP contribution in [0.25, 0.3) is 10.6 Å². The van der Waals surface area contributed by atoms with Crippen molar-refractivity contribution < 1.29 is 14.6 Å². The van der Waals surface area contributed by atoms with Gasteiger partial charge in [-0.1, -0.05) is 42.5 Å². The molecule has 5 heteroatoms. The number of carbonyl (C=O) groups is 1. The van der Waals surface area contributed by atoms with Crippen molar-refractivity contribution in [2.75, 3.05) is 6.61 Å². The fourth-order valence-electron chi connectivity index (χ4n) is 2.51. The van der Waals surface area contributed by atoms with Gasteiger partial charge in [0.05, 0.1) is 18.7 Å². The van der Waals surface area contributed by atoms with Crippen molar-refractivity contribution in [3.63, 3.8) is 0 Å². The molecule has 4 nitrogen and oxygen atoms in total. The number of thiazole rings is 1. The highest BCUT2D eigenvalue weighted by atomic mass is 32.1. The molecule has 0 aliphatic carbocycles. The molecule has 0 saturated heterocycles. The third-order valence-electron chi connectivity index (χ3n) is 3.69. The quantitative estimate of drug-likeness (QED) is 0.608. The van der Waals surface area contributed by atoms with Gasteiger partial charge >= 0.3 is 5.97 Å². The van der Waals surface area contributed by atoms with E-state index in [1.165, 1.54) is 16.9 Å². The minimum atomic E-state index is -0.868. The highest BCUT2D eigenvalue weighted by Gasteiger charge is 2.08. The van der Waals surface area contributed by atoms with Crippen LogP contribution in [0, 0.1) is 0 Å². The Balaban J connectivity index is 1.56. The van der Waals surface area contributed by atoms with Crippen LogP contribution in [0.15, 0.2) is 60.0 Å². The molecule has 1 heterocycles. The van der Waals surface area contributed by atoms with Gasteiger partial charge in [-0.2, -0.15) is 0 Å². The smallest absolute Gasteiger partial charge is 0.309 e. The van der Waals surface area contributed by atoms with Crippen LogP contribution in [-0.2, 0) is 17.6 Å². The standard InChI is InChI=1S/C20H19NO3S/c22-19(23)13-17-14-25-20(21-17)16-9-4-10-18(12-16)24-11-5-8-15-6-2-1-3-7-15/h1-4,6-7,9-10,12,14H,5,8,11,13H2,(H,22,23). The zero-order valence-electron chi connectivity index (χ0n) is 13.7. The number of nitrogens with zero attached hydrogens (tertiary/aromatic N) is 1. The molecule has 0 aliphatic rings. The molecule has 0 radical (unpaired) electrons. The minimum Gasteiger partial charge on any atom is -0.494 e. The molecule has 0 bridgehead atoms. The van der Waals surface area contributed by atoms with Gasteiger partial charge in [0, 0.05) is 10.9 Å². The minimum absolute atomic E-state index is 0.0494. The fraction of sp³-hybridized carbons (Fsp3) is 0.200. The van der Waals surface area contributed by atoms with Crippen molar-refractivity contribution in [1.82, 2.24) is 4.98 Å². The number of rotatable bonds is 8. The molecule has 0 fully saturated rings. The van der Waals surface area contributed by atoms with Crippen LogP contribution in [0.5, 0.6) is 5.75 Å². The number of aliphatic carboxylic acids is 1. The molecule has 3 aromatic rings. The number of hydrogen-bond donors (Lipinski definition) is 1. The Morgan fingerprint density at radius 2 is 1.96 bits per heavy atom. The topological polar surface area (TPSA) is 59.4 Å². The molecule has 0 saturated carbocycles. The number of carboxylic acid groups (broad SMARTS) is 1. The van der Waals surface area contributed by atoms with Crippen LogP contribution in [0.4, 0.5) is 0 Å². The van der Waals surface area contributed by atoms with Gasteiger partial charge in [-0.25, -0.2) is 4.98 Å². The summed E-state index contributed by atoms with van der Waals surface area (Å²) in [5.41, 5.74) is 2.84. The van der Waals surface area contributed by atoms with Gasteiger partial charge in [0.25, 0.3) is 0 Å². The number of aromatic nitrogens is 1. The number of hydrogen-bond acceptors (Lipinski definition) is 4.